The summed E-state index contributed by atoms with van der Waals surface area (Å²) in [6.45, 7) is 0.369. The number of benzene rings is 1. The summed E-state index contributed by atoms with van der Waals surface area (Å²) >= 11 is 7.29. The molecule has 106 valence electrons. The van der Waals surface area contributed by atoms with Crippen LogP contribution in [0.4, 0.5) is 0 Å². The van der Waals surface area contributed by atoms with Crippen LogP contribution < -0.4 is 4.74 Å². The van der Waals surface area contributed by atoms with Crippen molar-refractivity contribution in [3.8, 4) is 11.5 Å². The Hall–Kier alpha value is -1.72. The lowest BCUT2D eigenvalue weighted by atomic mass is 10.3. The average Bonchev–Trinajstić information content (AvgIpc) is 2.82. The zero-order valence-corrected chi connectivity index (χ0v) is 12.4. The maximum Gasteiger partial charge on any atom is 0.260 e. The lowest BCUT2D eigenvalue weighted by Gasteiger charge is -2.16. The van der Waals surface area contributed by atoms with Crippen LogP contribution in [0.3, 0.4) is 0 Å². The zero-order chi connectivity index (χ0) is 14.5. The number of amides is 1. The largest absolute Gasteiger partial charge is 0.504 e. The van der Waals surface area contributed by atoms with Crippen molar-refractivity contribution in [3.63, 3.8) is 0 Å². The third-order valence-electron chi connectivity index (χ3n) is 2.66. The molecule has 2 aromatic rings. The fourth-order valence-electron chi connectivity index (χ4n) is 1.59. The summed E-state index contributed by atoms with van der Waals surface area (Å²) in [5.74, 6) is 0.152. The fraction of sp³-hybridized carbons (Fsp3) is 0.214. The smallest absolute Gasteiger partial charge is 0.260 e. The van der Waals surface area contributed by atoms with E-state index in [2.05, 4.69) is 0 Å². The molecule has 0 saturated heterocycles. The predicted octanol–water partition coefficient (Wildman–Crippen LogP) is 3.14. The second kappa shape index (κ2) is 6.63. The van der Waals surface area contributed by atoms with Crippen LogP contribution in [0, 0.1) is 0 Å². The molecule has 0 radical (unpaired) electrons. The standard InChI is InChI=1S/C14H14ClNO3S/c1-16(8-10-6-7-13(15)20-10)14(18)9-19-12-5-3-2-4-11(12)17/h2-7,17H,8-9H2,1H3. The van der Waals surface area contributed by atoms with E-state index in [1.165, 1.54) is 17.4 Å². The van der Waals surface area contributed by atoms with E-state index in [1.54, 1.807) is 36.2 Å². The third kappa shape index (κ3) is 3.88. The van der Waals surface area contributed by atoms with Crippen LogP contribution in [0.2, 0.25) is 4.34 Å². The molecule has 2 rings (SSSR count). The van der Waals surface area contributed by atoms with Gasteiger partial charge in [0.2, 0.25) is 0 Å². The highest BCUT2D eigenvalue weighted by Crippen LogP contribution is 2.25. The molecule has 1 amide bonds. The molecule has 4 nitrogen and oxygen atoms in total. The van der Waals surface area contributed by atoms with E-state index in [1.807, 2.05) is 6.07 Å². The molecule has 1 N–H and O–H groups in total. The van der Waals surface area contributed by atoms with Crippen molar-refractivity contribution in [2.24, 2.45) is 0 Å². The molecule has 20 heavy (non-hydrogen) atoms. The molecular formula is C14H14ClNO3S. The van der Waals surface area contributed by atoms with E-state index >= 15 is 0 Å². The van der Waals surface area contributed by atoms with Crippen LogP contribution in [0.5, 0.6) is 11.5 Å². The minimum Gasteiger partial charge on any atom is -0.504 e. The second-order valence-corrected chi connectivity index (χ2v) is 6.01. The van der Waals surface area contributed by atoms with Crippen molar-refractivity contribution in [1.82, 2.24) is 4.90 Å². The summed E-state index contributed by atoms with van der Waals surface area (Å²) in [5, 5.41) is 9.54. The molecule has 0 saturated carbocycles. The van der Waals surface area contributed by atoms with Gasteiger partial charge >= 0.3 is 0 Å². The maximum absolute atomic E-state index is 11.9. The van der Waals surface area contributed by atoms with E-state index in [9.17, 15) is 9.90 Å². The molecule has 0 aliphatic carbocycles. The number of likely N-dealkylation sites (N-methyl/N-ethyl adjacent to an activating group) is 1. The first-order valence-electron chi connectivity index (χ1n) is 5.95. The number of para-hydroxylation sites is 2. The third-order valence-corrected chi connectivity index (χ3v) is 3.88. The number of phenols is 1. The highest BCUT2D eigenvalue weighted by atomic mass is 35.5. The van der Waals surface area contributed by atoms with Gasteiger partial charge in [-0.3, -0.25) is 4.79 Å². The number of hydrogen-bond donors (Lipinski definition) is 1. The summed E-state index contributed by atoms with van der Waals surface area (Å²) < 4.78 is 6.00. The van der Waals surface area contributed by atoms with E-state index in [4.69, 9.17) is 16.3 Å². The maximum atomic E-state index is 11.9. The number of phenolic OH excluding ortho intramolecular Hbond substituents is 1. The van der Waals surface area contributed by atoms with Gasteiger partial charge in [-0.1, -0.05) is 23.7 Å². The number of hydrogen-bond acceptors (Lipinski definition) is 4. The van der Waals surface area contributed by atoms with Crippen molar-refractivity contribution in [1.29, 1.82) is 0 Å². The van der Waals surface area contributed by atoms with Crippen LogP contribution in [0.25, 0.3) is 0 Å². The van der Waals surface area contributed by atoms with Gasteiger partial charge in [-0.2, -0.15) is 0 Å². The van der Waals surface area contributed by atoms with Gasteiger partial charge in [0.1, 0.15) is 0 Å². The minimum absolute atomic E-state index is 0.0213. The molecule has 0 spiro atoms. The van der Waals surface area contributed by atoms with Crippen molar-refractivity contribution >= 4 is 28.8 Å². The SMILES string of the molecule is CN(Cc1ccc(Cl)s1)C(=O)COc1ccccc1O. The predicted molar refractivity (Wildman–Crippen MR) is 79.4 cm³/mol. The number of halogens is 1. The molecular weight excluding hydrogens is 298 g/mol. The molecule has 0 unspecified atom stereocenters. The number of carbonyl (C=O) groups is 1. The quantitative estimate of drug-likeness (QED) is 0.923. The van der Waals surface area contributed by atoms with Crippen molar-refractivity contribution in [2.75, 3.05) is 13.7 Å². The number of carbonyl (C=O) groups excluding carboxylic acids is 1. The molecule has 0 fully saturated rings. The normalized spacial score (nSPS) is 10.3. The van der Waals surface area contributed by atoms with Gasteiger partial charge in [0.25, 0.3) is 5.91 Å². The number of thiophene rings is 1. The lowest BCUT2D eigenvalue weighted by molar-refractivity contribution is -0.132. The van der Waals surface area contributed by atoms with Crippen LogP contribution in [-0.2, 0) is 11.3 Å². The fourth-order valence-corrected chi connectivity index (χ4v) is 2.73. The number of nitrogens with zero attached hydrogens (tertiary/aromatic N) is 1. The summed E-state index contributed by atoms with van der Waals surface area (Å²) in [5.41, 5.74) is 0. The molecule has 0 bridgehead atoms. The van der Waals surface area contributed by atoms with Gasteiger partial charge in [0.15, 0.2) is 18.1 Å². The van der Waals surface area contributed by atoms with Gasteiger partial charge in [0.05, 0.1) is 10.9 Å². The average molecular weight is 312 g/mol. The first-order chi connectivity index (χ1) is 9.56. The van der Waals surface area contributed by atoms with Gasteiger partial charge in [-0.15, -0.1) is 11.3 Å². The molecule has 0 aliphatic heterocycles. The van der Waals surface area contributed by atoms with Crippen molar-refractivity contribution in [3.05, 3.63) is 45.6 Å². The molecule has 1 aromatic heterocycles. The Morgan fingerprint density at radius 3 is 2.75 bits per heavy atom. The Morgan fingerprint density at radius 2 is 2.10 bits per heavy atom. The summed E-state index contributed by atoms with van der Waals surface area (Å²) in [4.78, 5) is 14.5. The molecule has 6 heteroatoms. The molecule has 0 aliphatic rings. The Kier molecular flexibility index (Phi) is 4.87. The lowest BCUT2D eigenvalue weighted by Crippen LogP contribution is -2.30. The first kappa shape index (κ1) is 14.7. The van der Waals surface area contributed by atoms with E-state index < -0.39 is 0 Å². The van der Waals surface area contributed by atoms with Crippen LogP contribution in [-0.4, -0.2) is 29.6 Å². The summed E-state index contributed by atoms with van der Waals surface area (Å²) in [6, 6.07) is 10.2. The number of ether oxygens (including phenoxy) is 1. The van der Waals surface area contributed by atoms with Crippen LogP contribution in [0.15, 0.2) is 36.4 Å². The number of aromatic hydroxyl groups is 1. The highest BCUT2D eigenvalue weighted by molar-refractivity contribution is 7.16. The van der Waals surface area contributed by atoms with Crippen LogP contribution >= 0.6 is 22.9 Å². The Labute approximate surface area is 126 Å². The Bertz CT molecular complexity index is 600. The van der Waals surface area contributed by atoms with Gasteiger partial charge < -0.3 is 14.7 Å². The summed E-state index contributed by atoms with van der Waals surface area (Å²) in [7, 11) is 1.70. The Morgan fingerprint density at radius 1 is 1.35 bits per heavy atom. The molecule has 0 atom stereocenters. The monoisotopic (exact) mass is 311 g/mol. The van der Waals surface area contributed by atoms with E-state index in [-0.39, 0.29) is 18.3 Å². The topological polar surface area (TPSA) is 49.8 Å². The van der Waals surface area contributed by atoms with Gasteiger partial charge in [-0.25, -0.2) is 0 Å². The molecule has 1 heterocycles. The minimum atomic E-state index is -0.169. The Balaban J connectivity index is 1.87. The van der Waals surface area contributed by atoms with E-state index in [0.29, 0.717) is 16.6 Å². The van der Waals surface area contributed by atoms with E-state index in [0.717, 1.165) is 4.88 Å². The van der Waals surface area contributed by atoms with Gasteiger partial charge in [0, 0.05) is 11.9 Å². The van der Waals surface area contributed by atoms with Gasteiger partial charge in [-0.05, 0) is 24.3 Å². The molecule has 1 aromatic carbocycles. The number of rotatable bonds is 5. The van der Waals surface area contributed by atoms with Crippen LogP contribution in [0.1, 0.15) is 4.88 Å². The zero-order valence-electron chi connectivity index (χ0n) is 10.9. The highest BCUT2D eigenvalue weighted by Gasteiger charge is 2.12. The van der Waals surface area contributed by atoms with Crippen molar-refractivity contribution in [2.45, 2.75) is 6.54 Å². The second-order valence-electron chi connectivity index (χ2n) is 4.21. The van der Waals surface area contributed by atoms with Crippen molar-refractivity contribution < 1.29 is 14.6 Å². The summed E-state index contributed by atoms with van der Waals surface area (Å²) in [6.07, 6.45) is 0. The first-order valence-corrected chi connectivity index (χ1v) is 7.14.